The highest BCUT2D eigenvalue weighted by Crippen LogP contribution is 2.36. The van der Waals surface area contributed by atoms with E-state index in [1.54, 1.807) is 6.07 Å². The molecule has 1 nitrogen and oxygen atoms in total. The molecule has 19 heavy (non-hydrogen) atoms. The van der Waals surface area contributed by atoms with E-state index in [1.807, 2.05) is 0 Å². The van der Waals surface area contributed by atoms with E-state index in [9.17, 15) is 13.2 Å². The predicted molar refractivity (Wildman–Crippen MR) is 74.2 cm³/mol. The van der Waals surface area contributed by atoms with Gasteiger partial charge in [0.25, 0.3) is 0 Å². The van der Waals surface area contributed by atoms with Crippen LogP contribution in [0.3, 0.4) is 0 Å². The molecule has 0 atom stereocenters. The Morgan fingerprint density at radius 2 is 2.05 bits per heavy atom. The molecular formula is C14H15BrF3N. The number of allylic oxidation sites excluding steroid dienone is 1. The number of alkyl halides is 3. The van der Waals surface area contributed by atoms with E-state index in [0.29, 0.717) is 11.0 Å². The van der Waals surface area contributed by atoms with Gasteiger partial charge in [0.15, 0.2) is 0 Å². The molecule has 0 saturated heterocycles. The first kappa shape index (κ1) is 14.4. The van der Waals surface area contributed by atoms with Crippen molar-refractivity contribution in [3.05, 3.63) is 39.9 Å². The Bertz CT molecular complexity index is 480. The topological polar surface area (TPSA) is 12.0 Å². The minimum Gasteiger partial charge on any atom is -0.384 e. The van der Waals surface area contributed by atoms with Gasteiger partial charge in [-0.3, -0.25) is 0 Å². The second-order valence-electron chi connectivity index (χ2n) is 4.62. The maximum atomic E-state index is 12.9. The van der Waals surface area contributed by atoms with Crippen LogP contribution in [0.15, 0.2) is 34.3 Å². The highest BCUT2D eigenvalue weighted by Gasteiger charge is 2.33. The molecule has 5 heteroatoms. The van der Waals surface area contributed by atoms with Crippen LogP contribution in [0, 0.1) is 0 Å². The molecule has 1 aliphatic rings. The van der Waals surface area contributed by atoms with Crippen molar-refractivity contribution in [2.45, 2.75) is 31.9 Å². The summed E-state index contributed by atoms with van der Waals surface area (Å²) in [5.41, 5.74) is 0.870. The van der Waals surface area contributed by atoms with Gasteiger partial charge in [0, 0.05) is 16.7 Å². The normalized spacial score (nSPS) is 15.5. The largest absolute Gasteiger partial charge is 0.418 e. The van der Waals surface area contributed by atoms with Crippen molar-refractivity contribution in [1.82, 2.24) is 0 Å². The van der Waals surface area contributed by atoms with E-state index in [4.69, 9.17) is 0 Å². The van der Waals surface area contributed by atoms with Gasteiger partial charge in [-0.15, -0.1) is 0 Å². The fourth-order valence-corrected chi connectivity index (χ4v) is 2.59. The third-order valence-corrected chi connectivity index (χ3v) is 3.68. The summed E-state index contributed by atoms with van der Waals surface area (Å²) in [6.07, 6.45) is 2.01. The van der Waals surface area contributed by atoms with Gasteiger partial charge in [0.05, 0.1) is 5.56 Å². The van der Waals surface area contributed by atoms with Gasteiger partial charge >= 0.3 is 6.18 Å². The molecule has 104 valence electrons. The van der Waals surface area contributed by atoms with E-state index in [1.165, 1.54) is 18.1 Å². The maximum Gasteiger partial charge on any atom is 0.418 e. The first-order chi connectivity index (χ1) is 8.97. The lowest BCUT2D eigenvalue weighted by molar-refractivity contribution is -0.137. The van der Waals surface area contributed by atoms with Crippen LogP contribution >= 0.6 is 15.9 Å². The van der Waals surface area contributed by atoms with E-state index in [-0.39, 0.29) is 5.69 Å². The average molecular weight is 334 g/mol. The predicted octanol–water partition coefficient (Wildman–Crippen LogP) is 5.38. The van der Waals surface area contributed by atoms with E-state index >= 15 is 0 Å². The van der Waals surface area contributed by atoms with Gasteiger partial charge in [-0.25, -0.2) is 0 Å². The van der Waals surface area contributed by atoms with Crippen LogP contribution in [-0.2, 0) is 6.18 Å². The number of nitrogens with one attached hydrogen (secondary N) is 1. The second kappa shape index (κ2) is 5.99. The molecular weight excluding hydrogens is 319 g/mol. The first-order valence-electron chi connectivity index (χ1n) is 6.25. The molecule has 1 aliphatic carbocycles. The van der Waals surface area contributed by atoms with Crippen LogP contribution in [0.1, 0.15) is 31.2 Å². The van der Waals surface area contributed by atoms with Gasteiger partial charge in [0.1, 0.15) is 0 Å². The van der Waals surface area contributed by atoms with Gasteiger partial charge in [-0.2, -0.15) is 13.2 Å². The highest BCUT2D eigenvalue weighted by molar-refractivity contribution is 9.10. The lowest BCUT2D eigenvalue weighted by Gasteiger charge is -2.15. The molecule has 0 amide bonds. The summed E-state index contributed by atoms with van der Waals surface area (Å²) in [6, 6.07) is 4.19. The number of hydrogen-bond acceptors (Lipinski definition) is 1. The summed E-state index contributed by atoms with van der Waals surface area (Å²) in [6.45, 7) is 0.538. The Balaban J connectivity index is 2.03. The number of halogens is 4. The standard InChI is InChI=1S/C14H15BrF3N/c15-11-5-6-13(12(9-11)14(16,17)18)19-8-7-10-3-1-2-4-10/h3,5-6,9,19H,1-2,4,7-8H2. The van der Waals surface area contributed by atoms with E-state index < -0.39 is 11.7 Å². The van der Waals surface area contributed by atoms with Crippen molar-refractivity contribution in [1.29, 1.82) is 0 Å². The Hall–Kier alpha value is -0.970. The van der Waals surface area contributed by atoms with Crippen LogP contribution in [0.5, 0.6) is 0 Å². The summed E-state index contributed by atoms with van der Waals surface area (Å²) >= 11 is 3.07. The fraction of sp³-hybridized carbons (Fsp3) is 0.429. The maximum absolute atomic E-state index is 12.9. The molecule has 0 aliphatic heterocycles. The Morgan fingerprint density at radius 1 is 1.26 bits per heavy atom. The molecule has 0 heterocycles. The molecule has 0 aromatic heterocycles. The third-order valence-electron chi connectivity index (χ3n) is 3.18. The zero-order valence-electron chi connectivity index (χ0n) is 10.4. The lowest BCUT2D eigenvalue weighted by atomic mass is 10.1. The Kier molecular flexibility index (Phi) is 4.55. The van der Waals surface area contributed by atoms with Crippen molar-refractivity contribution in [2.75, 3.05) is 11.9 Å². The van der Waals surface area contributed by atoms with Crippen molar-refractivity contribution in [2.24, 2.45) is 0 Å². The van der Waals surface area contributed by atoms with Crippen molar-refractivity contribution >= 4 is 21.6 Å². The average Bonchev–Trinajstić information content (AvgIpc) is 2.83. The molecule has 0 radical (unpaired) electrons. The number of anilines is 1. The quantitative estimate of drug-likeness (QED) is 0.729. The molecule has 0 unspecified atom stereocenters. The minimum atomic E-state index is -4.33. The smallest absolute Gasteiger partial charge is 0.384 e. The summed E-state index contributed by atoms with van der Waals surface area (Å²) in [4.78, 5) is 0. The summed E-state index contributed by atoms with van der Waals surface area (Å²) in [7, 11) is 0. The summed E-state index contributed by atoms with van der Waals surface area (Å²) < 4.78 is 39.1. The molecule has 0 spiro atoms. The van der Waals surface area contributed by atoms with Crippen LogP contribution in [-0.4, -0.2) is 6.54 Å². The van der Waals surface area contributed by atoms with Crippen molar-refractivity contribution in [3.8, 4) is 0 Å². The molecule has 1 aromatic carbocycles. The van der Waals surface area contributed by atoms with E-state index in [2.05, 4.69) is 27.3 Å². The zero-order valence-corrected chi connectivity index (χ0v) is 11.9. The SMILES string of the molecule is FC(F)(F)c1cc(Br)ccc1NCCC1=CCCC1. The zero-order chi connectivity index (χ0) is 13.9. The minimum absolute atomic E-state index is 0.147. The number of rotatable bonds is 4. The highest BCUT2D eigenvalue weighted by atomic mass is 79.9. The number of hydrogen-bond donors (Lipinski definition) is 1. The van der Waals surface area contributed by atoms with Crippen LogP contribution in [0.4, 0.5) is 18.9 Å². The van der Waals surface area contributed by atoms with Crippen molar-refractivity contribution < 1.29 is 13.2 Å². The monoisotopic (exact) mass is 333 g/mol. The second-order valence-corrected chi connectivity index (χ2v) is 5.53. The summed E-state index contributed by atoms with van der Waals surface area (Å²) in [5.74, 6) is 0. The Labute approximate surface area is 119 Å². The van der Waals surface area contributed by atoms with Gasteiger partial charge in [-0.05, 0) is 43.9 Å². The Morgan fingerprint density at radius 3 is 2.68 bits per heavy atom. The first-order valence-corrected chi connectivity index (χ1v) is 7.04. The van der Waals surface area contributed by atoms with Gasteiger partial charge in [-0.1, -0.05) is 27.6 Å². The molecule has 1 N–H and O–H groups in total. The number of benzene rings is 1. The van der Waals surface area contributed by atoms with Crippen LogP contribution in [0.25, 0.3) is 0 Å². The van der Waals surface area contributed by atoms with Crippen LogP contribution < -0.4 is 5.32 Å². The molecule has 0 fully saturated rings. The van der Waals surface area contributed by atoms with E-state index in [0.717, 1.165) is 25.3 Å². The molecule has 0 saturated carbocycles. The van der Waals surface area contributed by atoms with Crippen molar-refractivity contribution in [3.63, 3.8) is 0 Å². The lowest BCUT2D eigenvalue weighted by Crippen LogP contribution is -2.12. The van der Waals surface area contributed by atoms with Crippen LogP contribution in [0.2, 0.25) is 0 Å². The molecule has 0 bridgehead atoms. The third kappa shape index (κ3) is 4.00. The van der Waals surface area contributed by atoms with Gasteiger partial charge < -0.3 is 5.32 Å². The fourth-order valence-electron chi connectivity index (χ4n) is 2.23. The van der Waals surface area contributed by atoms with Gasteiger partial charge in [0.2, 0.25) is 0 Å². The molecule has 1 aromatic rings. The molecule has 2 rings (SSSR count). The summed E-state index contributed by atoms with van der Waals surface area (Å²) in [5, 5.41) is 2.89.